The molecule has 0 radical (unpaired) electrons. The Morgan fingerprint density at radius 1 is 1.16 bits per heavy atom. The summed E-state index contributed by atoms with van der Waals surface area (Å²) in [6.45, 7) is 0.694. The van der Waals surface area contributed by atoms with Gasteiger partial charge in [0.1, 0.15) is 6.29 Å². The molecule has 0 aliphatic rings. The van der Waals surface area contributed by atoms with E-state index in [2.05, 4.69) is 21.0 Å². The summed E-state index contributed by atoms with van der Waals surface area (Å²) in [5, 5.41) is 5.51. The van der Waals surface area contributed by atoms with Gasteiger partial charge in [0.15, 0.2) is 0 Å². The van der Waals surface area contributed by atoms with E-state index in [1.54, 1.807) is 0 Å². The molecule has 0 atom stereocenters. The van der Waals surface area contributed by atoms with Crippen molar-refractivity contribution in [2.24, 2.45) is 0 Å². The average Bonchev–Trinajstić information content (AvgIpc) is 2.84. The lowest BCUT2D eigenvalue weighted by Gasteiger charge is -2.04. The molecule has 0 bridgehead atoms. The maximum absolute atomic E-state index is 10.6. The fraction of sp³-hybridized carbons (Fsp3) is 0.0667. The first-order chi connectivity index (χ1) is 9.28. The number of carbonyl (C=O) groups is 1. The first kappa shape index (κ1) is 12.1. The molecular weight excluding hydrogens is 304 g/mol. The van der Waals surface area contributed by atoms with E-state index in [0.29, 0.717) is 12.1 Å². The van der Waals surface area contributed by atoms with Crippen LogP contribution in [-0.2, 0) is 6.54 Å². The molecule has 0 amide bonds. The van der Waals surface area contributed by atoms with Crippen LogP contribution in [0.15, 0.2) is 53.1 Å². The summed E-state index contributed by atoms with van der Waals surface area (Å²) in [6.07, 6.45) is 2.71. The zero-order valence-electron chi connectivity index (χ0n) is 10.1. The normalized spacial score (nSPS) is 10.8. The van der Waals surface area contributed by atoms with Crippen molar-refractivity contribution in [2.75, 3.05) is 0 Å². The van der Waals surface area contributed by atoms with Gasteiger partial charge in [0.25, 0.3) is 0 Å². The highest BCUT2D eigenvalue weighted by Gasteiger charge is 2.05. The minimum Gasteiger partial charge on any atom is -0.298 e. The van der Waals surface area contributed by atoms with E-state index in [0.717, 1.165) is 27.2 Å². The van der Waals surface area contributed by atoms with Gasteiger partial charge in [-0.15, -0.1) is 0 Å². The Morgan fingerprint density at radius 3 is 2.68 bits per heavy atom. The van der Waals surface area contributed by atoms with Crippen LogP contribution in [0.4, 0.5) is 0 Å². The summed E-state index contributed by atoms with van der Waals surface area (Å²) in [7, 11) is 0. The van der Waals surface area contributed by atoms with E-state index >= 15 is 0 Å². The lowest BCUT2D eigenvalue weighted by Crippen LogP contribution is -2.01. The van der Waals surface area contributed by atoms with Crippen LogP contribution in [0.5, 0.6) is 0 Å². The lowest BCUT2D eigenvalue weighted by molar-refractivity contribution is 0.112. The van der Waals surface area contributed by atoms with Crippen LogP contribution in [-0.4, -0.2) is 16.1 Å². The molecule has 3 aromatic rings. The third-order valence-electron chi connectivity index (χ3n) is 3.08. The summed E-state index contributed by atoms with van der Waals surface area (Å²) in [5.41, 5.74) is 2.90. The number of aromatic nitrogens is 2. The molecule has 0 saturated carbocycles. The predicted molar refractivity (Wildman–Crippen MR) is 78.4 cm³/mol. The molecule has 94 valence electrons. The van der Waals surface area contributed by atoms with Crippen LogP contribution < -0.4 is 0 Å². The zero-order valence-corrected chi connectivity index (χ0v) is 11.7. The molecule has 0 aliphatic heterocycles. The molecule has 3 nitrogen and oxygen atoms in total. The molecule has 0 unspecified atom stereocenters. The van der Waals surface area contributed by atoms with Crippen LogP contribution in [0.3, 0.4) is 0 Å². The summed E-state index contributed by atoms with van der Waals surface area (Å²) < 4.78 is 3.00. The summed E-state index contributed by atoms with van der Waals surface area (Å²) in [6, 6.07) is 13.6. The molecule has 0 N–H and O–H groups in total. The molecule has 1 heterocycles. The highest BCUT2D eigenvalue weighted by molar-refractivity contribution is 9.10. The van der Waals surface area contributed by atoms with Gasteiger partial charge < -0.3 is 0 Å². The predicted octanol–water partition coefficient (Wildman–Crippen LogP) is 3.66. The highest BCUT2D eigenvalue weighted by Crippen LogP contribution is 2.23. The third-order valence-corrected chi connectivity index (χ3v) is 3.77. The van der Waals surface area contributed by atoms with Crippen LogP contribution in [0.1, 0.15) is 15.9 Å². The van der Waals surface area contributed by atoms with Gasteiger partial charge in [-0.1, -0.05) is 46.3 Å². The number of hydrogen-bond acceptors (Lipinski definition) is 2. The molecule has 0 spiro atoms. The molecule has 1 aromatic heterocycles. The lowest BCUT2D eigenvalue weighted by atomic mass is 10.1. The van der Waals surface area contributed by atoms with Gasteiger partial charge in [-0.3, -0.25) is 9.48 Å². The summed E-state index contributed by atoms with van der Waals surface area (Å²) >= 11 is 3.52. The fourth-order valence-corrected chi connectivity index (χ4v) is 2.53. The number of halogens is 1. The molecule has 4 heteroatoms. The second kappa shape index (κ2) is 4.97. The average molecular weight is 315 g/mol. The molecule has 2 aromatic carbocycles. The Bertz CT molecular complexity index is 731. The van der Waals surface area contributed by atoms with Gasteiger partial charge >= 0.3 is 0 Å². The largest absolute Gasteiger partial charge is 0.298 e. The van der Waals surface area contributed by atoms with Crippen molar-refractivity contribution in [3.63, 3.8) is 0 Å². The van der Waals surface area contributed by atoms with E-state index in [1.807, 2.05) is 53.3 Å². The highest BCUT2D eigenvalue weighted by atomic mass is 79.9. The van der Waals surface area contributed by atoms with Crippen molar-refractivity contribution >= 4 is 33.1 Å². The molecule has 3 rings (SSSR count). The number of aldehydes is 1. The second-order valence-corrected chi connectivity index (χ2v) is 5.19. The minimum absolute atomic E-state index is 0.691. The number of nitrogens with zero attached hydrogens (tertiary/aromatic N) is 2. The Kier molecular flexibility index (Phi) is 3.17. The van der Waals surface area contributed by atoms with Gasteiger partial charge in [-0.2, -0.15) is 5.10 Å². The van der Waals surface area contributed by atoms with E-state index in [-0.39, 0.29) is 0 Å². The summed E-state index contributed by atoms with van der Waals surface area (Å²) in [5.74, 6) is 0. The van der Waals surface area contributed by atoms with Crippen molar-refractivity contribution < 1.29 is 4.79 Å². The van der Waals surface area contributed by atoms with Gasteiger partial charge in [0.2, 0.25) is 0 Å². The fourth-order valence-electron chi connectivity index (χ4n) is 2.07. The Morgan fingerprint density at radius 2 is 1.95 bits per heavy atom. The second-order valence-electron chi connectivity index (χ2n) is 4.33. The standard InChI is InChI=1S/C15H11BrN2O/c16-14-2-1-3-15-13(14)8-17-18(15)9-11-4-6-12(10-19)7-5-11/h1-8,10H,9H2. The van der Waals surface area contributed by atoms with Crippen molar-refractivity contribution in [1.82, 2.24) is 9.78 Å². The molecular formula is C15H11BrN2O. The number of fused-ring (bicyclic) bond motifs is 1. The van der Waals surface area contributed by atoms with Crippen LogP contribution in [0, 0.1) is 0 Å². The Hall–Kier alpha value is -1.94. The first-order valence-electron chi connectivity index (χ1n) is 5.92. The molecule has 19 heavy (non-hydrogen) atoms. The topological polar surface area (TPSA) is 34.9 Å². The van der Waals surface area contributed by atoms with E-state index in [9.17, 15) is 4.79 Å². The summed E-state index contributed by atoms with van der Waals surface area (Å²) in [4.78, 5) is 10.6. The van der Waals surface area contributed by atoms with Crippen molar-refractivity contribution in [3.8, 4) is 0 Å². The first-order valence-corrected chi connectivity index (χ1v) is 6.71. The van der Waals surface area contributed by atoms with E-state index < -0.39 is 0 Å². The molecule has 0 aliphatic carbocycles. The van der Waals surface area contributed by atoms with Crippen LogP contribution in [0.25, 0.3) is 10.9 Å². The van der Waals surface area contributed by atoms with E-state index in [4.69, 9.17) is 0 Å². The monoisotopic (exact) mass is 314 g/mol. The Labute approximate surface area is 119 Å². The molecule has 0 fully saturated rings. The van der Waals surface area contributed by atoms with Crippen LogP contribution >= 0.6 is 15.9 Å². The van der Waals surface area contributed by atoms with Gasteiger partial charge in [-0.05, 0) is 17.7 Å². The maximum atomic E-state index is 10.6. The Balaban J connectivity index is 1.96. The van der Waals surface area contributed by atoms with E-state index in [1.165, 1.54) is 0 Å². The van der Waals surface area contributed by atoms with Gasteiger partial charge in [0, 0.05) is 15.4 Å². The van der Waals surface area contributed by atoms with Crippen molar-refractivity contribution in [1.29, 1.82) is 0 Å². The van der Waals surface area contributed by atoms with Crippen molar-refractivity contribution in [2.45, 2.75) is 6.54 Å². The maximum Gasteiger partial charge on any atom is 0.150 e. The third kappa shape index (κ3) is 2.31. The minimum atomic E-state index is 0.691. The quantitative estimate of drug-likeness (QED) is 0.691. The van der Waals surface area contributed by atoms with Crippen LogP contribution in [0.2, 0.25) is 0 Å². The number of benzene rings is 2. The zero-order chi connectivity index (χ0) is 13.2. The number of carbonyl (C=O) groups excluding carboxylic acids is 1. The SMILES string of the molecule is O=Cc1ccc(Cn2ncc3c(Br)cccc32)cc1. The van der Waals surface area contributed by atoms with Gasteiger partial charge in [-0.25, -0.2) is 0 Å². The smallest absolute Gasteiger partial charge is 0.150 e. The number of hydrogen-bond donors (Lipinski definition) is 0. The van der Waals surface area contributed by atoms with Gasteiger partial charge in [0.05, 0.1) is 18.3 Å². The molecule has 0 saturated heterocycles. The van der Waals surface area contributed by atoms with Crippen molar-refractivity contribution in [3.05, 3.63) is 64.3 Å². The number of rotatable bonds is 3.